The summed E-state index contributed by atoms with van der Waals surface area (Å²) >= 11 is 0.859. The van der Waals surface area contributed by atoms with Crippen LogP contribution in [0.25, 0.3) is 6.08 Å². The fraction of sp³-hybridized carbons (Fsp3) is 0.233. The number of carbonyl (C=O) groups excluding carboxylic acids is 3. The zero-order valence-corrected chi connectivity index (χ0v) is 21.9. The Bertz CT molecular complexity index is 1370. The van der Waals surface area contributed by atoms with E-state index >= 15 is 0 Å². The van der Waals surface area contributed by atoms with Gasteiger partial charge in [-0.1, -0.05) is 54.6 Å². The molecule has 8 heteroatoms. The van der Waals surface area contributed by atoms with Crippen LogP contribution in [0.15, 0.2) is 83.8 Å². The molecule has 38 heavy (non-hydrogen) atoms. The fourth-order valence-electron chi connectivity index (χ4n) is 4.76. The van der Waals surface area contributed by atoms with Gasteiger partial charge in [-0.2, -0.15) is 0 Å². The number of thioether (sulfide) groups is 1. The third-order valence-corrected chi connectivity index (χ3v) is 7.90. The smallest absolute Gasteiger partial charge is 0.293 e. The predicted molar refractivity (Wildman–Crippen MR) is 147 cm³/mol. The summed E-state index contributed by atoms with van der Waals surface area (Å²) in [5, 5.41) is -0.391. The van der Waals surface area contributed by atoms with Crippen LogP contribution in [-0.2, 0) is 11.3 Å². The van der Waals surface area contributed by atoms with Crippen LogP contribution in [0.2, 0.25) is 0 Å². The second-order valence-corrected chi connectivity index (χ2v) is 10.4. The molecular weight excluding hydrogens is 501 g/mol. The van der Waals surface area contributed by atoms with E-state index < -0.39 is 17.0 Å². The summed E-state index contributed by atoms with van der Waals surface area (Å²) in [5.41, 5.74) is 3.13. The Kier molecular flexibility index (Phi) is 7.72. The highest BCUT2D eigenvalue weighted by Crippen LogP contribution is 2.33. The van der Waals surface area contributed by atoms with Crippen LogP contribution in [0.1, 0.15) is 40.0 Å². The quantitative estimate of drug-likeness (QED) is 0.390. The van der Waals surface area contributed by atoms with Gasteiger partial charge in [-0.25, -0.2) is 4.39 Å². The first kappa shape index (κ1) is 25.9. The molecule has 0 unspecified atom stereocenters. The molecule has 2 aliphatic rings. The molecule has 0 radical (unpaired) electrons. The van der Waals surface area contributed by atoms with Crippen LogP contribution in [0.4, 0.5) is 9.18 Å². The molecule has 0 aromatic heterocycles. The van der Waals surface area contributed by atoms with Crippen molar-refractivity contribution in [3.63, 3.8) is 0 Å². The maximum atomic E-state index is 13.5. The van der Waals surface area contributed by atoms with Crippen LogP contribution in [0.3, 0.4) is 0 Å². The van der Waals surface area contributed by atoms with E-state index in [0.29, 0.717) is 35.2 Å². The molecule has 2 heterocycles. The molecule has 0 N–H and O–H groups in total. The third kappa shape index (κ3) is 5.71. The number of benzene rings is 3. The highest BCUT2D eigenvalue weighted by molar-refractivity contribution is 8.18. The standard InChI is InChI=1S/C30H28FN3O3S/c1-21(24-7-3-2-4-8-24)32-14-16-33(17-15-32)28(35)25-12-10-22(11-13-25)19-27-29(36)34(30(37)38-27)20-23-6-5-9-26(31)18-23/h2-13,18-19,21H,14-17,20H2,1H3/b27-19-/t21-/m1/s1. The number of piperazine rings is 1. The Hall–Kier alpha value is -3.75. The van der Waals surface area contributed by atoms with Crippen LogP contribution in [0, 0.1) is 5.82 Å². The molecule has 0 saturated carbocycles. The van der Waals surface area contributed by atoms with Gasteiger partial charge in [-0.05, 0) is 65.7 Å². The summed E-state index contributed by atoms with van der Waals surface area (Å²) in [5.74, 6) is -0.839. The Morgan fingerprint density at radius 3 is 2.34 bits per heavy atom. The van der Waals surface area contributed by atoms with E-state index in [1.807, 2.05) is 23.1 Å². The average molecular weight is 530 g/mol. The maximum absolute atomic E-state index is 13.5. The van der Waals surface area contributed by atoms with Crippen molar-refractivity contribution in [1.29, 1.82) is 0 Å². The molecule has 0 spiro atoms. The largest absolute Gasteiger partial charge is 0.336 e. The fourth-order valence-corrected chi connectivity index (χ4v) is 5.60. The second kappa shape index (κ2) is 11.3. The first-order chi connectivity index (χ1) is 18.4. The average Bonchev–Trinajstić information content (AvgIpc) is 3.20. The zero-order valence-electron chi connectivity index (χ0n) is 21.0. The minimum atomic E-state index is -0.414. The van der Waals surface area contributed by atoms with Gasteiger partial charge in [0.15, 0.2) is 0 Å². The molecule has 5 rings (SSSR count). The molecule has 194 valence electrons. The summed E-state index contributed by atoms with van der Waals surface area (Å²) in [6, 6.07) is 23.6. The Balaban J connectivity index is 1.19. The molecule has 2 saturated heterocycles. The molecule has 6 nitrogen and oxygen atoms in total. The molecule has 3 aromatic rings. The first-order valence-electron chi connectivity index (χ1n) is 12.6. The van der Waals surface area contributed by atoms with E-state index in [9.17, 15) is 18.8 Å². The van der Waals surface area contributed by atoms with Gasteiger partial charge in [0.05, 0.1) is 11.4 Å². The van der Waals surface area contributed by atoms with Gasteiger partial charge in [-0.15, -0.1) is 0 Å². The highest BCUT2D eigenvalue weighted by atomic mass is 32.2. The van der Waals surface area contributed by atoms with Crippen molar-refractivity contribution in [2.45, 2.75) is 19.5 Å². The van der Waals surface area contributed by atoms with Crippen molar-refractivity contribution in [2.75, 3.05) is 26.2 Å². The van der Waals surface area contributed by atoms with Crippen LogP contribution >= 0.6 is 11.8 Å². The summed E-state index contributed by atoms with van der Waals surface area (Å²) in [6.07, 6.45) is 1.65. The Morgan fingerprint density at radius 1 is 0.947 bits per heavy atom. The molecule has 3 aromatic carbocycles. The van der Waals surface area contributed by atoms with Gasteiger partial charge in [0.25, 0.3) is 17.1 Å². The topological polar surface area (TPSA) is 60.9 Å². The molecule has 0 aliphatic carbocycles. The number of carbonyl (C=O) groups is 3. The van der Waals surface area contributed by atoms with Gasteiger partial charge in [0, 0.05) is 37.8 Å². The van der Waals surface area contributed by atoms with E-state index in [1.54, 1.807) is 42.5 Å². The van der Waals surface area contributed by atoms with Crippen molar-refractivity contribution in [3.05, 3.63) is 112 Å². The van der Waals surface area contributed by atoms with Crippen LogP contribution in [0.5, 0.6) is 0 Å². The summed E-state index contributed by atoms with van der Waals surface area (Å²) in [4.78, 5) is 44.0. The van der Waals surface area contributed by atoms with Crippen LogP contribution in [-0.4, -0.2) is 57.9 Å². The summed E-state index contributed by atoms with van der Waals surface area (Å²) in [6.45, 7) is 5.16. The van der Waals surface area contributed by atoms with Crippen molar-refractivity contribution in [3.8, 4) is 0 Å². The minimum absolute atomic E-state index is 0.0148. The normalized spacial score (nSPS) is 18.3. The van der Waals surface area contributed by atoms with Gasteiger partial charge in [-0.3, -0.25) is 24.2 Å². The number of hydrogen-bond acceptors (Lipinski definition) is 5. The predicted octanol–water partition coefficient (Wildman–Crippen LogP) is 5.58. The number of rotatable bonds is 6. The Labute approximate surface area is 225 Å². The van der Waals surface area contributed by atoms with E-state index in [0.717, 1.165) is 35.3 Å². The lowest BCUT2D eigenvalue weighted by Crippen LogP contribution is -2.49. The molecule has 2 fully saturated rings. The van der Waals surface area contributed by atoms with Gasteiger partial charge < -0.3 is 4.90 Å². The molecular formula is C30H28FN3O3S. The van der Waals surface area contributed by atoms with Crippen molar-refractivity contribution in [2.24, 2.45) is 0 Å². The van der Waals surface area contributed by atoms with Gasteiger partial charge in [0.2, 0.25) is 0 Å². The van der Waals surface area contributed by atoms with Crippen molar-refractivity contribution >= 4 is 34.9 Å². The minimum Gasteiger partial charge on any atom is -0.336 e. The van der Waals surface area contributed by atoms with E-state index in [-0.39, 0.29) is 12.5 Å². The van der Waals surface area contributed by atoms with E-state index in [2.05, 4.69) is 24.0 Å². The Morgan fingerprint density at radius 2 is 1.66 bits per heavy atom. The number of amides is 3. The van der Waals surface area contributed by atoms with Crippen molar-refractivity contribution < 1.29 is 18.8 Å². The van der Waals surface area contributed by atoms with E-state index in [4.69, 9.17) is 0 Å². The van der Waals surface area contributed by atoms with Crippen molar-refractivity contribution in [1.82, 2.24) is 14.7 Å². The molecule has 1 atom stereocenters. The molecule has 3 amide bonds. The number of hydrogen-bond donors (Lipinski definition) is 0. The SMILES string of the molecule is C[C@H](c1ccccc1)N1CCN(C(=O)c2ccc(/C=C3\SC(=O)N(Cc4cccc(F)c4)C3=O)cc2)CC1. The number of halogens is 1. The molecule has 2 aliphatic heterocycles. The lowest BCUT2D eigenvalue weighted by molar-refractivity contribution is -0.123. The van der Waals surface area contributed by atoms with Gasteiger partial charge >= 0.3 is 0 Å². The monoisotopic (exact) mass is 529 g/mol. The summed E-state index contributed by atoms with van der Waals surface area (Å²) < 4.78 is 13.5. The van der Waals surface area contributed by atoms with Crippen LogP contribution < -0.4 is 0 Å². The third-order valence-electron chi connectivity index (χ3n) is 6.99. The number of nitrogens with zero attached hydrogens (tertiary/aromatic N) is 3. The maximum Gasteiger partial charge on any atom is 0.293 e. The first-order valence-corrected chi connectivity index (χ1v) is 13.4. The molecule has 0 bridgehead atoms. The highest BCUT2D eigenvalue weighted by Gasteiger charge is 2.35. The lowest BCUT2D eigenvalue weighted by Gasteiger charge is -2.38. The second-order valence-electron chi connectivity index (χ2n) is 9.43. The zero-order chi connectivity index (χ0) is 26.6. The van der Waals surface area contributed by atoms with E-state index in [1.165, 1.54) is 17.7 Å². The lowest BCUT2D eigenvalue weighted by atomic mass is 10.1. The summed E-state index contributed by atoms with van der Waals surface area (Å²) in [7, 11) is 0. The number of imide groups is 1. The van der Waals surface area contributed by atoms with Gasteiger partial charge in [0.1, 0.15) is 5.82 Å².